The fourth-order valence-electron chi connectivity index (χ4n) is 2.22. The number of rotatable bonds is 8. The molecule has 2 N–H and O–H groups in total. The molecule has 1 aromatic heterocycles. The van der Waals surface area contributed by atoms with Gasteiger partial charge in [-0.25, -0.2) is 0 Å². The van der Waals surface area contributed by atoms with Crippen LogP contribution >= 0.6 is 0 Å². The van der Waals surface area contributed by atoms with Crippen molar-refractivity contribution in [1.82, 2.24) is 20.4 Å². The lowest BCUT2D eigenvalue weighted by Crippen LogP contribution is -2.41. The zero-order valence-electron chi connectivity index (χ0n) is 13.8. The number of aromatic nitrogens is 2. The van der Waals surface area contributed by atoms with Crippen LogP contribution in [0.4, 0.5) is 0 Å². The molecule has 0 bridgehead atoms. The second kappa shape index (κ2) is 8.33. The summed E-state index contributed by atoms with van der Waals surface area (Å²) < 4.78 is 7.05. The Labute approximate surface area is 136 Å². The van der Waals surface area contributed by atoms with Gasteiger partial charge < -0.3 is 15.4 Å². The van der Waals surface area contributed by atoms with Gasteiger partial charge in [-0.15, -0.1) is 0 Å². The van der Waals surface area contributed by atoms with Crippen molar-refractivity contribution in [3.05, 3.63) is 48.3 Å². The highest BCUT2D eigenvalue weighted by Gasteiger charge is 2.14. The van der Waals surface area contributed by atoms with E-state index in [2.05, 4.69) is 22.7 Å². The van der Waals surface area contributed by atoms with Gasteiger partial charge in [0.05, 0.1) is 19.7 Å². The summed E-state index contributed by atoms with van der Waals surface area (Å²) in [5.41, 5.74) is 1.01. The SMILES string of the molecule is COc1cccc(CNC(=O)CNC(C)C(C)n2cccn2)c1. The van der Waals surface area contributed by atoms with Gasteiger partial charge in [0.1, 0.15) is 5.75 Å². The molecule has 124 valence electrons. The van der Waals surface area contributed by atoms with Gasteiger partial charge in [-0.2, -0.15) is 5.10 Å². The van der Waals surface area contributed by atoms with Crippen LogP contribution in [0.5, 0.6) is 5.75 Å². The Morgan fingerprint density at radius 3 is 2.87 bits per heavy atom. The Bertz CT molecular complexity index is 613. The summed E-state index contributed by atoms with van der Waals surface area (Å²) in [6.07, 6.45) is 3.68. The topological polar surface area (TPSA) is 68.2 Å². The standard InChI is InChI=1S/C17H24N4O2/c1-13(14(2)21-9-5-8-20-21)18-12-17(22)19-11-15-6-4-7-16(10-15)23-3/h4-10,13-14,18H,11-12H2,1-3H3,(H,19,22). The number of carbonyl (C=O) groups excluding carboxylic acids is 1. The molecule has 2 aromatic rings. The molecular weight excluding hydrogens is 292 g/mol. The lowest BCUT2D eigenvalue weighted by Gasteiger charge is -2.21. The van der Waals surface area contributed by atoms with Crippen LogP contribution in [0.3, 0.4) is 0 Å². The monoisotopic (exact) mass is 316 g/mol. The fourth-order valence-corrected chi connectivity index (χ4v) is 2.22. The van der Waals surface area contributed by atoms with Crippen LogP contribution in [0.15, 0.2) is 42.7 Å². The van der Waals surface area contributed by atoms with E-state index in [4.69, 9.17) is 4.74 Å². The van der Waals surface area contributed by atoms with Crippen molar-refractivity contribution in [2.24, 2.45) is 0 Å². The van der Waals surface area contributed by atoms with Crippen molar-refractivity contribution >= 4 is 5.91 Å². The highest BCUT2D eigenvalue weighted by atomic mass is 16.5. The zero-order chi connectivity index (χ0) is 16.7. The molecule has 0 aliphatic carbocycles. The first kappa shape index (κ1) is 17.0. The van der Waals surface area contributed by atoms with Crippen molar-refractivity contribution in [3.8, 4) is 5.75 Å². The first-order valence-electron chi connectivity index (χ1n) is 7.72. The van der Waals surface area contributed by atoms with Gasteiger partial charge in [0.25, 0.3) is 0 Å². The molecule has 2 rings (SSSR count). The molecule has 0 aliphatic rings. The molecular formula is C17H24N4O2. The lowest BCUT2D eigenvalue weighted by atomic mass is 10.2. The van der Waals surface area contributed by atoms with Crippen LogP contribution in [0, 0.1) is 0 Å². The summed E-state index contributed by atoms with van der Waals surface area (Å²) in [4.78, 5) is 12.0. The quantitative estimate of drug-likeness (QED) is 0.778. The van der Waals surface area contributed by atoms with Crippen molar-refractivity contribution in [2.75, 3.05) is 13.7 Å². The van der Waals surface area contributed by atoms with Crippen LogP contribution in [-0.2, 0) is 11.3 Å². The molecule has 0 fully saturated rings. The number of ether oxygens (including phenoxy) is 1. The molecule has 0 saturated carbocycles. The largest absolute Gasteiger partial charge is 0.497 e. The zero-order valence-corrected chi connectivity index (χ0v) is 13.8. The maximum Gasteiger partial charge on any atom is 0.234 e. The molecule has 1 aromatic carbocycles. The van der Waals surface area contributed by atoms with E-state index >= 15 is 0 Å². The number of hydrogen-bond acceptors (Lipinski definition) is 4. The minimum absolute atomic E-state index is 0.0349. The van der Waals surface area contributed by atoms with Crippen molar-refractivity contribution in [1.29, 1.82) is 0 Å². The van der Waals surface area contributed by atoms with Gasteiger partial charge >= 0.3 is 0 Å². The van der Waals surface area contributed by atoms with Gasteiger partial charge in [0.2, 0.25) is 5.91 Å². The van der Waals surface area contributed by atoms with Crippen LogP contribution in [-0.4, -0.2) is 35.4 Å². The molecule has 0 saturated heterocycles. The van der Waals surface area contributed by atoms with Crippen molar-refractivity contribution in [2.45, 2.75) is 32.5 Å². The van der Waals surface area contributed by atoms with E-state index in [0.29, 0.717) is 6.54 Å². The van der Waals surface area contributed by atoms with E-state index < -0.39 is 0 Å². The minimum atomic E-state index is -0.0349. The van der Waals surface area contributed by atoms with E-state index in [-0.39, 0.29) is 24.5 Å². The fraction of sp³-hybridized carbons (Fsp3) is 0.412. The first-order valence-corrected chi connectivity index (χ1v) is 7.72. The molecule has 2 atom stereocenters. The number of hydrogen-bond donors (Lipinski definition) is 2. The molecule has 0 spiro atoms. The van der Waals surface area contributed by atoms with Crippen LogP contribution < -0.4 is 15.4 Å². The molecule has 0 radical (unpaired) electrons. The first-order chi connectivity index (χ1) is 11.1. The minimum Gasteiger partial charge on any atom is -0.497 e. The average Bonchev–Trinajstić information content (AvgIpc) is 3.11. The number of benzene rings is 1. The Morgan fingerprint density at radius 2 is 2.17 bits per heavy atom. The highest BCUT2D eigenvalue weighted by Crippen LogP contribution is 2.12. The third-order valence-electron chi connectivity index (χ3n) is 3.87. The van der Waals surface area contributed by atoms with Gasteiger partial charge in [-0.1, -0.05) is 12.1 Å². The van der Waals surface area contributed by atoms with Crippen LogP contribution in [0.2, 0.25) is 0 Å². The van der Waals surface area contributed by atoms with Crippen molar-refractivity contribution in [3.63, 3.8) is 0 Å². The normalized spacial score (nSPS) is 13.3. The molecule has 1 heterocycles. The average molecular weight is 316 g/mol. The predicted octanol–water partition coefficient (Wildman–Crippen LogP) is 1.75. The van der Waals surface area contributed by atoms with E-state index in [1.165, 1.54) is 0 Å². The molecule has 6 nitrogen and oxygen atoms in total. The third-order valence-corrected chi connectivity index (χ3v) is 3.87. The van der Waals surface area contributed by atoms with Crippen LogP contribution in [0.1, 0.15) is 25.5 Å². The van der Waals surface area contributed by atoms with Crippen molar-refractivity contribution < 1.29 is 9.53 Å². The smallest absolute Gasteiger partial charge is 0.234 e. The van der Waals surface area contributed by atoms with E-state index in [0.717, 1.165) is 11.3 Å². The van der Waals surface area contributed by atoms with E-state index in [9.17, 15) is 4.79 Å². The van der Waals surface area contributed by atoms with E-state index in [1.54, 1.807) is 13.3 Å². The summed E-state index contributed by atoms with van der Waals surface area (Å²) in [7, 11) is 1.63. The maximum absolute atomic E-state index is 12.0. The lowest BCUT2D eigenvalue weighted by molar-refractivity contribution is -0.120. The predicted molar refractivity (Wildman–Crippen MR) is 89.2 cm³/mol. The Balaban J connectivity index is 1.74. The number of nitrogens with zero attached hydrogens (tertiary/aromatic N) is 2. The molecule has 0 aliphatic heterocycles. The van der Waals surface area contributed by atoms with E-state index in [1.807, 2.05) is 48.1 Å². The molecule has 2 unspecified atom stereocenters. The van der Waals surface area contributed by atoms with Gasteiger partial charge in [-0.3, -0.25) is 9.48 Å². The Kier molecular flexibility index (Phi) is 6.17. The van der Waals surface area contributed by atoms with Gasteiger partial charge in [-0.05, 0) is 37.6 Å². The maximum atomic E-state index is 12.0. The number of amides is 1. The van der Waals surface area contributed by atoms with Gasteiger partial charge in [0, 0.05) is 25.0 Å². The summed E-state index contributed by atoms with van der Waals surface area (Å²) in [5.74, 6) is 0.754. The molecule has 23 heavy (non-hydrogen) atoms. The van der Waals surface area contributed by atoms with Gasteiger partial charge in [0.15, 0.2) is 0 Å². The van der Waals surface area contributed by atoms with Crippen LogP contribution in [0.25, 0.3) is 0 Å². The number of carbonyl (C=O) groups is 1. The summed E-state index contributed by atoms with van der Waals surface area (Å²) in [6.45, 7) is 4.87. The second-order valence-electron chi connectivity index (χ2n) is 5.52. The summed E-state index contributed by atoms with van der Waals surface area (Å²) in [6, 6.07) is 9.87. The Morgan fingerprint density at radius 1 is 1.35 bits per heavy atom. The summed E-state index contributed by atoms with van der Waals surface area (Å²) in [5, 5.41) is 10.4. The third kappa shape index (κ3) is 5.10. The Hall–Kier alpha value is -2.34. The number of nitrogens with one attached hydrogen (secondary N) is 2. The molecule has 6 heteroatoms. The number of methoxy groups -OCH3 is 1. The molecule has 1 amide bonds. The second-order valence-corrected chi connectivity index (χ2v) is 5.52. The summed E-state index contributed by atoms with van der Waals surface area (Å²) >= 11 is 0. The highest BCUT2D eigenvalue weighted by molar-refractivity contribution is 5.78.